The van der Waals surface area contributed by atoms with Crippen molar-refractivity contribution >= 4 is 5.97 Å². The number of aliphatic hydroxyl groups excluding tert-OH is 1. The molecule has 0 fully saturated rings. The van der Waals surface area contributed by atoms with Crippen molar-refractivity contribution in [2.24, 2.45) is 0 Å². The predicted molar refractivity (Wildman–Crippen MR) is 48.4 cm³/mol. The van der Waals surface area contributed by atoms with Crippen LogP contribution in [0.5, 0.6) is 0 Å². The van der Waals surface area contributed by atoms with Crippen molar-refractivity contribution in [1.82, 2.24) is 0 Å². The van der Waals surface area contributed by atoms with Crippen LogP contribution in [0.2, 0.25) is 0 Å². The van der Waals surface area contributed by atoms with Gasteiger partial charge in [0.05, 0.1) is 0 Å². The number of rotatable bonds is 4. The van der Waals surface area contributed by atoms with E-state index in [4.69, 9.17) is 10.2 Å². The Hall–Kier alpha value is -1.42. The highest BCUT2D eigenvalue weighted by molar-refractivity contribution is 5.71. The van der Waals surface area contributed by atoms with Crippen molar-refractivity contribution < 1.29 is 19.4 Å². The Morgan fingerprint density at radius 3 is 2.43 bits per heavy atom. The molecule has 0 spiro atoms. The maximum atomic E-state index is 12.5. The Bertz CT molecular complexity index is 308. The fraction of sp³-hybridized carbons (Fsp3) is 0.300. The summed E-state index contributed by atoms with van der Waals surface area (Å²) in [5.41, 5.74) is 0.812. The van der Waals surface area contributed by atoms with Gasteiger partial charge in [0, 0.05) is 0 Å². The third kappa shape index (κ3) is 3.14. The second-order valence-electron chi connectivity index (χ2n) is 3.02. The molecule has 14 heavy (non-hydrogen) atoms. The first-order valence-corrected chi connectivity index (χ1v) is 4.25. The lowest BCUT2D eigenvalue weighted by atomic mass is 10.1. The second kappa shape index (κ2) is 4.72. The molecule has 0 aliphatic rings. The predicted octanol–water partition coefficient (Wildman–Crippen LogP) is 1.20. The van der Waals surface area contributed by atoms with Crippen LogP contribution in [0.15, 0.2) is 24.3 Å². The van der Waals surface area contributed by atoms with Gasteiger partial charge in [-0.2, -0.15) is 0 Å². The summed E-state index contributed by atoms with van der Waals surface area (Å²) in [5.74, 6) is -1.56. The fourth-order valence-corrected chi connectivity index (χ4v) is 1.08. The second-order valence-corrected chi connectivity index (χ2v) is 3.02. The Kier molecular flexibility index (Phi) is 3.59. The van der Waals surface area contributed by atoms with E-state index in [0.29, 0.717) is 6.42 Å². The smallest absolute Gasteiger partial charge is 0.332 e. The van der Waals surface area contributed by atoms with E-state index in [-0.39, 0.29) is 12.2 Å². The highest BCUT2D eigenvalue weighted by atomic mass is 19.1. The Morgan fingerprint density at radius 2 is 1.93 bits per heavy atom. The summed E-state index contributed by atoms with van der Waals surface area (Å²) in [5, 5.41) is 17.4. The van der Waals surface area contributed by atoms with Crippen molar-refractivity contribution in [2.75, 3.05) is 0 Å². The van der Waals surface area contributed by atoms with E-state index in [1.54, 1.807) is 12.1 Å². The van der Waals surface area contributed by atoms with E-state index in [0.717, 1.165) is 5.56 Å². The van der Waals surface area contributed by atoms with Crippen LogP contribution in [-0.4, -0.2) is 22.3 Å². The number of aliphatic carboxylic acids is 1. The Labute approximate surface area is 80.8 Å². The standard InChI is InChI=1S/C10H11FO3/c11-8-4-1-7(2-5-8)3-6-9(12)10(13)14/h1-2,4-5,9,12H,3,6H2,(H,13,14)/t9-/m1/s1. The van der Waals surface area contributed by atoms with E-state index in [9.17, 15) is 9.18 Å². The van der Waals surface area contributed by atoms with Crippen molar-refractivity contribution in [3.63, 3.8) is 0 Å². The molecule has 0 amide bonds. The van der Waals surface area contributed by atoms with Gasteiger partial charge in [-0.15, -0.1) is 0 Å². The quantitative estimate of drug-likeness (QED) is 0.764. The zero-order valence-electron chi connectivity index (χ0n) is 7.48. The average molecular weight is 198 g/mol. The molecule has 0 saturated carbocycles. The molecule has 0 unspecified atom stereocenters. The summed E-state index contributed by atoms with van der Waals surface area (Å²) in [4.78, 5) is 10.3. The number of carboxylic acids is 1. The summed E-state index contributed by atoms with van der Waals surface area (Å²) in [7, 11) is 0. The van der Waals surface area contributed by atoms with Gasteiger partial charge in [-0.3, -0.25) is 0 Å². The minimum atomic E-state index is -1.35. The molecule has 4 heteroatoms. The largest absolute Gasteiger partial charge is 0.479 e. The fourth-order valence-electron chi connectivity index (χ4n) is 1.08. The molecule has 1 aromatic carbocycles. The van der Waals surface area contributed by atoms with Crippen LogP contribution in [0.4, 0.5) is 4.39 Å². The molecule has 1 rings (SSSR count). The van der Waals surface area contributed by atoms with Crippen molar-refractivity contribution in [2.45, 2.75) is 18.9 Å². The van der Waals surface area contributed by atoms with Gasteiger partial charge < -0.3 is 10.2 Å². The van der Waals surface area contributed by atoms with Gasteiger partial charge in [0.1, 0.15) is 5.82 Å². The van der Waals surface area contributed by atoms with Crippen LogP contribution >= 0.6 is 0 Å². The lowest BCUT2D eigenvalue weighted by molar-refractivity contribution is -0.146. The molecule has 1 aromatic rings. The Balaban J connectivity index is 2.46. The number of aliphatic hydroxyl groups is 1. The molecule has 1 atom stereocenters. The summed E-state index contributed by atoms with van der Waals surface area (Å²) >= 11 is 0. The van der Waals surface area contributed by atoms with Gasteiger partial charge >= 0.3 is 5.97 Å². The summed E-state index contributed by atoms with van der Waals surface area (Å²) in [6.07, 6.45) is -0.783. The molecule has 0 radical (unpaired) electrons. The van der Waals surface area contributed by atoms with Crippen LogP contribution in [0.1, 0.15) is 12.0 Å². The molecule has 0 bridgehead atoms. The third-order valence-electron chi connectivity index (χ3n) is 1.90. The van der Waals surface area contributed by atoms with E-state index >= 15 is 0 Å². The zero-order valence-corrected chi connectivity index (χ0v) is 7.48. The topological polar surface area (TPSA) is 57.5 Å². The van der Waals surface area contributed by atoms with E-state index in [1.165, 1.54) is 12.1 Å². The molecule has 0 aromatic heterocycles. The van der Waals surface area contributed by atoms with Crippen LogP contribution in [0, 0.1) is 5.82 Å². The number of carbonyl (C=O) groups is 1. The number of carboxylic acid groups (broad SMARTS) is 1. The average Bonchev–Trinajstić information content (AvgIpc) is 2.16. The maximum absolute atomic E-state index is 12.5. The van der Waals surface area contributed by atoms with E-state index in [1.807, 2.05) is 0 Å². The van der Waals surface area contributed by atoms with Gasteiger partial charge in [0.2, 0.25) is 0 Å². The monoisotopic (exact) mass is 198 g/mol. The van der Waals surface area contributed by atoms with E-state index in [2.05, 4.69) is 0 Å². The van der Waals surface area contributed by atoms with Gasteiger partial charge in [-0.1, -0.05) is 12.1 Å². The summed E-state index contributed by atoms with van der Waals surface area (Å²) in [6.45, 7) is 0. The number of hydrogen-bond acceptors (Lipinski definition) is 2. The van der Waals surface area contributed by atoms with Gasteiger partial charge in [-0.25, -0.2) is 9.18 Å². The zero-order chi connectivity index (χ0) is 10.6. The van der Waals surface area contributed by atoms with Crippen LogP contribution < -0.4 is 0 Å². The van der Waals surface area contributed by atoms with Crippen molar-refractivity contribution in [3.05, 3.63) is 35.6 Å². The molecule has 76 valence electrons. The van der Waals surface area contributed by atoms with Crippen LogP contribution in [-0.2, 0) is 11.2 Å². The molecule has 0 saturated heterocycles. The molecule has 0 aliphatic carbocycles. The number of halogens is 1. The first-order valence-electron chi connectivity index (χ1n) is 4.25. The molecular formula is C10H11FO3. The van der Waals surface area contributed by atoms with Crippen LogP contribution in [0.25, 0.3) is 0 Å². The van der Waals surface area contributed by atoms with E-state index < -0.39 is 12.1 Å². The van der Waals surface area contributed by atoms with Gasteiger partial charge in [-0.05, 0) is 30.5 Å². The number of aryl methyl sites for hydroxylation is 1. The van der Waals surface area contributed by atoms with Crippen molar-refractivity contribution in [1.29, 1.82) is 0 Å². The number of benzene rings is 1. The van der Waals surface area contributed by atoms with Crippen molar-refractivity contribution in [3.8, 4) is 0 Å². The molecular weight excluding hydrogens is 187 g/mol. The molecule has 3 nitrogen and oxygen atoms in total. The maximum Gasteiger partial charge on any atom is 0.332 e. The third-order valence-corrected chi connectivity index (χ3v) is 1.90. The summed E-state index contributed by atoms with van der Waals surface area (Å²) in [6, 6.07) is 5.76. The van der Waals surface area contributed by atoms with Gasteiger partial charge in [0.15, 0.2) is 6.10 Å². The SMILES string of the molecule is O=C(O)[C@H](O)CCc1ccc(F)cc1. The molecule has 2 N–H and O–H groups in total. The minimum absolute atomic E-state index is 0.140. The number of hydrogen-bond donors (Lipinski definition) is 2. The first-order chi connectivity index (χ1) is 6.59. The summed E-state index contributed by atoms with van der Waals surface area (Å²) < 4.78 is 12.5. The lowest BCUT2D eigenvalue weighted by Crippen LogP contribution is -2.19. The van der Waals surface area contributed by atoms with Crippen LogP contribution in [0.3, 0.4) is 0 Å². The van der Waals surface area contributed by atoms with Gasteiger partial charge in [0.25, 0.3) is 0 Å². The lowest BCUT2D eigenvalue weighted by Gasteiger charge is -2.04. The minimum Gasteiger partial charge on any atom is -0.479 e. The highest BCUT2D eigenvalue weighted by Crippen LogP contribution is 2.07. The Morgan fingerprint density at radius 1 is 1.36 bits per heavy atom. The molecule has 0 aliphatic heterocycles. The molecule has 0 heterocycles. The first kappa shape index (κ1) is 10.7. The normalized spacial score (nSPS) is 12.4. The highest BCUT2D eigenvalue weighted by Gasteiger charge is 2.12.